The van der Waals surface area contributed by atoms with Crippen molar-refractivity contribution in [3.05, 3.63) is 46.1 Å². The first-order valence-electron chi connectivity index (χ1n) is 9.12. The van der Waals surface area contributed by atoms with Crippen molar-refractivity contribution >= 4 is 11.2 Å². The maximum atomic E-state index is 14.3. The third-order valence-corrected chi connectivity index (χ3v) is 5.55. The summed E-state index contributed by atoms with van der Waals surface area (Å²) in [6.07, 6.45) is 2.87. The van der Waals surface area contributed by atoms with Gasteiger partial charge in [0.1, 0.15) is 5.82 Å². The molecule has 0 aliphatic carbocycles. The first-order chi connectivity index (χ1) is 12.1. The van der Waals surface area contributed by atoms with E-state index in [1.54, 1.807) is 6.20 Å². The number of piperazine rings is 1. The average Bonchev–Trinajstić information content (AvgIpc) is 3.07. The van der Waals surface area contributed by atoms with E-state index < -0.39 is 0 Å². The van der Waals surface area contributed by atoms with Gasteiger partial charge < -0.3 is 15.1 Å². The van der Waals surface area contributed by atoms with Gasteiger partial charge in [-0.1, -0.05) is 0 Å². The van der Waals surface area contributed by atoms with Crippen LogP contribution < -0.4 is 15.8 Å². The number of halogens is 1. The Kier molecular flexibility index (Phi) is 4.48. The van der Waals surface area contributed by atoms with E-state index in [0.717, 1.165) is 57.1 Å². The number of fused-ring (bicyclic) bond motifs is 1. The number of rotatable bonds is 3. The van der Waals surface area contributed by atoms with Crippen LogP contribution in [0.3, 0.4) is 0 Å². The molecule has 1 atom stereocenters. The first kappa shape index (κ1) is 16.5. The maximum Gasteiger partial charge on any atom is 0.255 e. The van der Waals surface area contributed by atoms with Gasteiger partial charge in [0.25, 0.3) is 5.56 Å². The van der Waals surface area contributed by atoms with Crippen LogP contribution in [0.1, 0.15) is 12.0 Å². The molecule has 2 aromatic heterocycles. The predicted octanol–water partition coefficient (Wildman–Crippen LogP) is 1.48. The number of nitrogens with one attached hydrogen (secondary N) is 1. The molecule has 2 fully saturated rings. The number of hydrogen-bond acceptors (Lipinski definition) is 4. The van der Waals surface area contributed by atoms with Gasteiger partial charge in [-0.05, 0) is 37.0 Å². The molecule has 1 N–H and O–H groups in total. The van der Waals surface area contributed by atoms with E-state index in [1.807, 2.05) is 13.0 Å². The van der Waals surface area contributed by atoms with Gasteiger partial charge in [-0.3, -0.25) is 9.20 Å². The molecular weight excluding hydrogens is 319 g/mol. The molecule has 2 aromatic rings. The summed E-state index contributed by atoms with van der Waals surface area (Å²) < 4.78 is 15.7. The Morgan fingerprint density at radius 2 is 2.00 bits per heavy atom. The van der Waals surface area contributed by atoms with E-state index in [0.29, 0.717) is 11.4 Å². The van der Waals surface area contributed by atoms with Crippen molar-refractivity contribution in [3.8, 4) is 0 Å². The van der Waals surface area contributed by atoms with Crippen LogP contribution >= 0.6 is 0 Å². The number of hydrogen-bond donors (Lipinski definition) is 1. The van der Waals surface area contributed by atoms with Gasteiger partial charge in [-0.15, -0.1) is 0 Å². The highest BCUT2D eigenvalue weighted by Crippen LogP contribution is 2.30. The first-order valence-corrected chi connectivity index (χ1v) is 9.12. The normalized spacial score (nSPS) is 22.0. The molecule has 1 unspecified atom stereocenters. The summed E-state index contributed by atoms with van der Waals surface area (Å²) >= 11 is 0. The number of aromatic nitrogens is 1. The second kappa shape index (κ2) is 6.77. The van der Waals surface area contributed by atoms with Gasteiger partial charge >= 0.3 is 0 Å². The minimum absolute atomic E-state index is 0.191. The third kappa shape index (κ3) is 3.16. The van der Waals surface area contributed by atoms with E-state index in [9.17, 15) is 9.18 Å². The van der Waals surface area contributed by atoms with Crippen LogP contribution in [0.5, 0.6) is 0 Å². The SMILES string of the molecule is Cc1c(N2CCC(CN3CCNCC3)C2)ccn2c(=O)ccc(F)c12. The highest BCUT2D eigenvalue weighted by Gasteiger charge is 2.26. The average molecular weight is 344 g/mol. The van der Waals surface area contributed by atoms with Crippen molar-refractivity contribution in [3.63, 3.8) is 0 Å². The van der Waals surface area contributed by atoms with Crippen molar-refractivity contribution in [1.82, 2.24) is 14.6 Å². The molecule has 0 aromatic carbocycles. The van der Waals surface area contributed by atoms with Crippen molar-refractivity contribution < 1.29 is 4.39 Å². The van der Waals surface area contributed by atoms with Crippen LogP contribution in [0.25, 0.3) is 5.52 Å². The van der Waals surface area contributed by atoms with Gasteiger partial charge in [0.15, 0.2) is 0 Å². The minimum atomic E-state index is -0.337. The van der Waals surface area contributed by atoms with E-state index >= 15 is 0 Å². The largest absolute Gasteiger partial charge is 0.371 e. The molecule has 134 valence electrons. The maximum absolute atomic E-state index is 14.3. The quantitative estimate of drug-likeness (QED) is 0.916. The molecule has 5 nitrogen and oxygen atoms in total. The summed E-state index contributed by atoms with van der Waals surface area (Å²) in [5, 5.41) is 3.39. The molecule has 0 bridgehead atoms. The van der Waals surface area contributed by atoms with E-state index in [-0.39, 0.29) is 11.4 Å². The Morgan fingerprint density at radius 1 is 1.20 bits per heavy atom. The van der Waals surface area contributed by atoms with E-state index in [4.69, 9.17) is 0 Å². The molecule has 6 heteroatoms. The second-order valence-electron chi connectivity index (χ2n) is 7.22. The van der Waals surface area contributed by atoms with Gasteiger partial charge in [-0.25, -0.2) is 4.39 Å². The van der Waals surface area contributed by atoms with Gasteiger partial charge in [0.05, 0.1) is 5.52 Å². The lowest BCUT2D eigenvalue weighted by Crippen LogP contribution is -2.45. The van der Waals surface area contributed by atoms with E-state index in [2.05, 4.69) is 15.1 Å². The standard InChI is InChI=1S/C19H25FN4O/c1-14-17(5-9-24-18(25)3-2-16(20)19(14)24)23-8-4-15(13-23)12-22-10-6-21-7-11-22/h2-3,5,9,15,21H,4,6-8,10-13H2,1H3. The Bertz CT molecular complexity index is 828. The lowest BCUT2D eigenvalue weighted by Gasteiger charge is -2.29. The highest BCUT2D eigenvalue weighted by molar-refractivity contribution is 5.68. The zero-order valence-corrected chi connectivity index (χ0v) is 14.7. The van der Waals surface area contributed by atoms with Crippen LogP contribution in [0, 0.1) is 18.7 Å². The Labute approximate surface area is 147 Å². The molecule has 25 heavy (non-hydrogen) atoms. The number of aryl methyl sites for hydroxylation is 1. The summed E-state index contributed by atoms with van der Waals surface area (Å²) in [6.45, 7) is 9.45. The molecule has 0 radical (unpaired) electrons. The van der Waals surface area contributed by atoms with Crippen molar-refractivity contribution in [2.75, 3.05) is 50.7 Å². The number of nitrogens with zero attached hydrogens (tertiary/aromatic N) is 3. The summed E-state index contributed by atoms with van der Waals surface area (Å²) in [6, 6.07) is 4.50. The lowest BCUT2D eigenvalue weighted by molar-refractivity contribution is 0.212. The fourth-order valence-corrected chi connectivity index (χ4v) is 4.23. The molecule has 2 aliphatic rings. The van der Waals surface area contributed by atoms with Crippen LogP contribution in [-0.4, -0.2) is 55.1 Å². The minimum Gasteiger partial charge on any atom is -0.371 e. The molecule has 0 saturated carbocycles. The summed E-state index contributed by atoms with van der Waals surface area (Å²) in [4.78, 5) is 16.8. The molecule has 4 heterocycles. The Hall–Kier alpha value is -1.92. The second-order valence-corrected chi connectivity index (χ2v) is 7.22. The molecule has 0 spiro atoms. The molecule has 2 saturated heterocycles. The van der Waals surface area contributed by atoms with Crippen molar-refractivity contribution in [2.45, 2.75) is 13.3 Å². The third-order valence-electron chi connectivity index (χ3n) is 5.55. The van der Waals surface area contributed by atoms with Gasteiger partial charge in [-0.2, -0.15) is 0 Å². The van der Waals surface area contributed by atoms with E-state index in [1.165, 1.54) is 23.0 Å². The summed E-state index contributed by atoms with van der Waals surface area (Å²) in [5.74, 6) is 0.312. The fourth-order valence-electron chi connectivity index (χ4n) is 4.23. The predicted molar refractivity (Wildman–Crippen MR) is 98.0 cm³/mol. The highest BCUT2D eigenvalue weighted by atomic mass is 19.1. The Balaban J connectivity index is 1.55. The molecule has 4 rings (SSSR count). The van der Waals surface area contributed by atoms with Crippen LogP contribution in [0.2, 0.25) is 0 Å². The summed E-state index contributed by atoms with van der Waals surface area (Å²) in [5.41, 5.74) is 2.10. The smallest absolute Gasteiger partial charge is 0.255 e. The molecular formula is C19H25FN4O. The number of anilines is 1. The van der Waals surface area contributed by atoms with Crippen LogP contribution in [0.4, 0.5) is 10.1 Å². The fraction of sp³-hybridized carbons (Fsp3) is 0.526. The molecule has 0 amide bonds. The van der Waals surface area contributed by atoms with Crippen molar-refractivity contribution in [2.24, 2.45) is 5.92 Å². The van der Waals surface area contributed by atoms with Crippen molar-refractivity contribution in [1.29, 1.82) is 0 Å². The van der Waals surface area contributed by atoms with Gasteiger partial charge in [0.2, 0.25) is 0 Å². The summed E-state index contributed by atoms with van der Waals surface area (Å²) in [7, 11) is 0. The van der Waals surface area contributed by atoms with Gasteiger partial charge in [0, 0.05) is 63.8 Å². The monoisotopic (exact) mass is 344 g/mol. The lowest BCUT2D eigenvalue weighted by atomic mass is 10.1. The Morgan fingerprint density at radius 3 is 2.80 bits per heavy atom. The van der Waals surface area contributed by atoms with Crippen LogP contribution in [0.15, 0.2) is 29.2 Å². The molecule has 2 aliphatic heterocycles. The topological polar surface area (TPSA) is 40.0 Å². The number of pyridine rings is 2. The zero-order valence-electron chi connectivity index (χ0n) is 14.7. The van der Waals surface area contributed by atoms with Crippen LogP contribution in [-0.2, 0) is 0 Å². The zero-order chi connectivity index (χ0) is 17.4.